The van der Waals surface area contributed by atoms with Gasteiger partial charge in [-0.15, -0.1) is 0 Å². The maximum atomic E-state index is 12.3. The number of hydrogen-bond acceptors (Lipinski definition) is 6. The zero-order valence-corrected chi connectivity index (χ0v) is 18.5. The van der Waals surface area contributed by atoms with Gasteiger partial charge in [0.1, 0.15) is 18.0 Å². The van der Waals surface area contributed by atoms with Crippen LogP contribution in [0, 0.1) is 0 Å². The maximum Gasteiger partial charge on any atom is 0.410 e. The van der Waals surface area contributed by atoms with Crippen LogP contribution in [0.25, 0.3) is 11.1 Å². The van der Waals surface area contributed by atoms with E-state index in [1.807, 2.05) is 45.2 Å². The van der Waals surface area contributed by atoms with Crippen LogP contribution in [-0.2, 0) is 15.9 Å². The average Bonchev–Trinajstić information content (AvgIpc) is 2.69. The second kappa shape index (κ2) is 10.6. The first-order chi connectivity index (χ1) is 14.9. The summed E-state index contributed by atoms with van der Waals surface area (Å²) in [7, 11) is 0. The summed E-state index contributed by atoms with van der Waals surface area (Å²) in [4.78, 5) is 18.3. The van der Waals surface area contributed by atoms with Gasteiger partial charge in [0.15, 0.2) is 0 Å². The highest BCUT2D eigenvalue weighted by atomic mass is 16.6. The fourth-order valence-corrected chi connectivity index (χ4v) is 3.29. The van der Waals surface area contributed by atoms with Gasteiger partial charge in [0.25, 0.3) is 0 Å². The van der Waals surface area contributed by atoms with Crippen LogP contribution in [-0.4, -0.2) is 65.7 Å². The van der Waals surface area contributed by atoms with Crippen molar-refractivity contribution in [1.29, 1.82) is 0 Å². The number of nitrogens with zero attached hydrogens (tertiary/aromatic N) is 2. The Balaban J connectivity index is 1.57. The van der Waals surface area contributed by atoms with E-state index in [1.165, 1.54) is 0 Å². The van der Waals surface area contributed by atoms with Gasteiger partial charge in [0.2, 0.25) is 0 Å². The lowest BCUT2D eigenvalue weighted by Crippen LogP contribution is -2.55. The molecule has 0 radical (unpaired) electrons. The average molecular weight is 429 g/mol. The molecule has 0 spiro atoms. The smallest absolute Gasteiger partial charge is 0.410 e. The first-order valence-electron chi connectivity index (χ1n) is 10.7. The van der Waals surface area contributed by atoms with E-state index >= 15 is 0 Å². The summed E-state index contributed by atoms with van der Waals surface area (Å²) in [6.45, 7) is 7.66. The van der Waals surface area contributed by atoms with Crippen molar-refractivity contribution < 1.29 is 24.1 Å². The van der Waals surface area contributed by atoms with Crippen molar-refractivity contribution in [3.63, 3.8) is 0 Å². The zero-order valence-electron chi connectivity index (χ0n) is 18.5. The summed E-state index contributed by atoms with van der Waals surface area (Å²) in [6.07, 6.45) is 4.88. The molecule has 7 heteroatoms. The molecule has 1 aromatic heterocycles. The number of rotatable bonds is 9. The van der Waals surface area contributed by atoms with E-state index < -0.39 is 5.60 Å². The summed E-state index contributed by atoms with van der Waals surface area (Å²) in [6, 6.07) is 10.2. The highest BCUT2D eigenvalue weighted by molar-refractivity contribution is 5.69. The third kappa shape index (κ3) is 6.94. The lowest BCUT2D eigenvalue weighted by atomic mass is 10.0. The van der Waals surface area contributed by atoms with Crippen molar-refractivity contribution in [1.82, 2.24) is 9.88 Å². The monoisotopic (exact) mass is 428 g/mol. The molecule has 1 fully saturated rings. The molecule has 2 heterocycles. The number of aromatic nitrogens is 1. The summed E-state index contributed by atoms with van der Waals surface area (Å²) in [5.41, 5.74) is 2.67. The van der Waals surface area contributed by atoms with Gasteiger partial charge in [-0.05, 0) is 50.8 Å². The highest BCUT2D eigenvalue weighted by Crippen LogP contribution is 2.26. The van der Waals surface area contributed by atoms with Crippen molar-refractivity contribution in [2.24, 2.45) is 0 Å². The van der Waals surface area contributed by atoms with Crippen LogP contribution in [0.4, 0.5) is 4.79 Å². The Morgan fingerprint density at radius 3 is 2.74 bits per heavy atom. The second-order valence-corrected chi connectivity index (χ2v) is 8.62. The van der Waals surface area contributed by atoms with E-state index in [2.05, 4.69) is 17.1 Å². The summed E-state index contributed by atoms with van der Waals surface area (Å²) in [5.74, 6) is 0.672. The Morgan fingerprint density at radius 1 is 1.19 bits per heavy atom. The molecule has 1 aromatic carbocycles. The van der Waals surface area contributed by atoms with Crippen LogP contribution in [0.3, 0.4) is 0 Å². The van der Waals surface area contributed by atoms with Gasteiger partial charge in [0, 0.05) is 18.3 Å². The molecule has 7 nitrogen and oxygen atoms in total. The van der Waals surface area contributed by atoms with Crippen molar-refractivity contribution >= 4 is 6.09 Å². The predicted molar refractivity (Wildman–Crippen MR) is 118 cm³/mol. The number of likely N-dealkylation sites (tertiary alicyclic amines) is 1. The van der Waals surface area contributed by atoms with E-state index in [4.69, 9.17) is 19.3 Å². The highest BCUT2D eigenvalue weighted by Gasteiger charge is 2.35. The fourth-order valence-electron chi connectivity index (χ4n) is 3.29. The molecule has 2 aromatic rings. The van der Waals surface area contributed by atoms with Crippen molar-refractivity contribution in [2.75, 3.05) is 33.0 Å². The molecule has 168 valence electrons. The Kier molecular flexibility index (Phi) is 7.87. The number of pyridine rings is 1. The molecule has 31 heavy (non-hydrogen) atoms. The minimum absolute atomic E-state index is 0.0146. The molecular weight excluding hydrogens is 396 g/mol. The third-order valence-corrected chi connectivity index (χ3v) is 4.96. The molecule has 3 rings (SSSR count). The molecule has 1 amide bonds. The summed E-state index contributed by atoms with van der Waals surface area (Å²) >= 11 is 0. The van der Waals surface area contributed by atoms with Gasteiger partial charge in [-0.25, -0.2) is 4.79 Å². The fraction of sp³-hybridized carbons (Fsp3) is 0.500. The van der Waals surface area contributed by atoms with Gasteiger partial charge in [-0.1, -0.05) is 24.3 Å². The lowest BCUT2D eigenvalue weighted by Gasteiger charge is -2.40. The van der Waals surface area contributed by atoms with Crippen LogP contribution in [0.15, 0.2) is 42.7 Å². The van der Waals surface area contributed by atoms with Gasteiger partial charge < -0.3 is 24.2 Å². The van der Waals surface area contributed by atoms with Gasteiger partial charge >= 0.3 is 6.09 Å². The second-order valence-electron chi connectivity index (χ2n) is 8.62. The number of carbonyl (C=O) groups excluding carboxylic acids is 1. The van der Waals surface area contributed by atoms with E-state index in [-0.39, 0.29) is 18.7 Å². The number of benzene rings is 1. The molecule has 0 saturated carbocycles. The van der Waals surface area contributed by atoms with Crippen LogP contribution in [0.1, 0.15) is 32.8 Å². The van der Waals surface area contributed by atoms with Gasteiger partial charge in [-0.2, -0.15) is 0 Å². The van der Waals surface area contributed by atoms with Crippen LogP contribution < -0.4 is 4.74 Å². The standard InChI is InChI=1S/C24H32N2O5/c1-24(2,3)31-23(28)26-9-7-21(26)17-30-22-14-20(15-25-16-22)19-6-4-5-18(13-19)8-11-29-12-10-27/h4-6,13-16,21,27H,7-12,17H2,1-3H3/t21-/m0/s1. The number of aliphatic hydroxyl groups excluding tert-OH is 1. The molecule has 0 aliphatic carbocycles. The molecule has 1 N–H and O–H groups in total. The molecule has 1 atom stereocenters. The minimum Gasteiger partial charge on any atom is -0.490 e. The molecule has 0 unspecified atom stereocenters. The molecule has 1 saturated heterocycles. The third-order valence-electron chi connectivity index (χ3n) is 4.96. The maximum absolute atomic E-state index is 12.3. The van der Waals surface area contributed by atoms with Crippen LogP contribution in [0.2, 0.25) is 0 Å². The topological polar surface area (TPSA) is 81.1 Å². The van der Waals surface area contributed by atoms with E-state index in [0.717, 1.165) is 29.5 Å². The molecule has 1 aliphatic heterocycles. The quantitative estimate of drug-likeness (QED) is 0.614. The van der Waals surface area contributed by atoms with Crippen molar-refractivity contribution in [3.05, 3.63) is 48.3 Å². The first kappa shape index (κ1) is 23.0. The number of ether oxygens (including phenoxy) is 3. The number of aliphatic hydroxyl groups is 1. The van der Waals surface area contributed by atoms with Crippen molar-refractivity contribution in [2.45, 2.75) is 45.3 Å². The van der Waals surface area contributed by atoms with E-state index in [0.29, 0.717) is 32.1 Å². The largest absolute Gasteiger partial charge is 0.490 e. The first-order valence-corrected chi connectivity index (χ1v) is 10.7. The zero-order chi connectivity index (χ0) is 22.3. The Morgan fingerprint density at radius 2 is 2.03 bits per heavy atom. The Labute approximate surface area is 184 Å². The number of amides is 1. The van der Waals surface area contributed by atoms with Crippen LogP contribution in [0.5, 0.6) is 5.75 Å². The SMILES string of the molecule is CC(C)(C)OC(=O)N1CC[C@H]1COc1cncc(-c2cccc(CCOCCO)c2)c1. The number of hydrogen-bond donors (Lipinski definition) is 1. The van der Waals surface area contributed by atoms with Gasteiger partial charge in [-0.3, -0.25) is 4.98 Å². The summed E-state index contributed by atoms with van der Waals surface area (Å²) < 4.78 is 16.8. The Bertz CT molecular complexity index is 865. The van der Waals surface area contributed by atoms with Crippen molar-refractivity contribution in [3.8, 4) is 16.9 Å². The minimum atomic E-state index is -0.504. The predicted octanol–water partition coefficient (Wildman–Crippen LogP) is 3.69. The lowest BCUT2D eigenvalue weighted by molar-refractivity contribution is -0.0141. The van der Waals surface area contributed by atoms with Gasteiger partial charge in [0.05, 0.1) is 32.1 Å². The van der Waals surface area contributed by atoms with E-state index in [1.54, 1.807) is 11.1 Å². The Hall–Kier alpha value is -2.64. The van der Waals surface area contributed by atoms with Crippen LogP contribution >= 0.6 is 0 Å². The number of carbonyl (C=O) groups is 1. The normalized spacial score (nSPS) is 16.0. The molecule has 1 aliphatic rings. The summed E-state index contributed by atoms with van der Waals surface area (Å²) in [5, 5.41) is 8.80. The molecular formula is C24H32N2O5. The molecule has 0 bridgehead atoms. The van der Waals surface area contributed by atoms with E-state index in [9.17, 15) is 4.79 Å².